The lowest BCUT2D eigenvalue weighted by Gasteiger charge is -2.11. The fraction of sp³-hybridized carbons (Fsp3) is 0. The zero-order valence-electron chi connectivity index (χ0n) is 13.2. The second-order valence-electron chi connectivity index (χ2n) is 5.47. The van der Waals surface area contributed by atoms with E-state index in [4.69, 9.17) is 23.2 Å². The minimum absolute atomic E-state index is 0.378. The van der Waals surface area contributed by atoms with Crippen molar-refractivity contribution in [2.24, 2.45) is 0 Å². The van der Waals surface area contributed by atoms with Crippen molar-refractivity contribution in [1.82, 2.24) is 9.38 Å². The molecule has 2 amide bonds. The van der Waals surface area contributed by atoms with Crippen LogP contribution >= 0.6 is 34.5 Å². The Balaban J connectivity index is 1.57. The third-order valence-corrected chi connectivity index (χ3v) is 5.23. The van der Waals surface area contributed by atoms with Gasteiger partial charge in [0.1, 0.15) is 0 Å². The number of aromatic nitrogens is 2. The molecule has 0 aliphatic heterocycles. The van der Waals surface area contributed by atoms with Crippen LogP contribution in [0.3, 0.4) is 0 Å². The van der Waals surface area contributed by atoms with Crippen LogP contribution in [0.5, 0.6) is 0 Å². The lowest BCUT2D eigenvalue weighted by atomic mass is 10.1. The van der Waals surface area contributed by atoms with Gasteiger partial charge >= 0.3 is 6.03 Å². The molecule has 0 fully saturated rings. The maximum absolute atomic E-state index is 12.4. The molecule has 0 saturated carbocycles. The van der Waals surface area contributed by atoms with Crippen LogP contribution in [-0.2, 0) is 0 Å². The number of urea groups is 1. The summed E-state index contributed by atoms with van der Waals surface area (Å²) in [5.41, 5.74) is 2.85. The number of para-hydroxylation sites is 1. The Labute approximate surface area is 163 Å². The van der Waals surface area contributed by atoms with Gasteiger partial charge in [-0.2, -0.15) is 0 Å². The van der Waals surface area contributed by atoms with Gasteiger partial charge < -0.3 is 10.6 Å². The monoisotopic (exact) mass is 402 g/mol. The van der Waals surface area contributed by atoms with Gasteiger partial charge in [0.25, 0.3) is 0 Å². The van der Waals surface area contributed by atoms with Gasteiger partial charge in [0, 0.05) is 29.0 Å². The SMILES string of the molecule is O=C(Nc1ccc(Cl)c(Cl)c1)Nc1ccccc1-c1cn2ccsc2n1. The normalized spacial score (nSPS) is 10.8. The highest BCUT2D eigenvalue weighted by Crippen LogP contribution is 2.29. The molecular weight excluding hydrogens is 391 g/mol. The first-order chi connectivity index (χ1) is 12.6. The Morgan fingerprint density at radius 3 is 2.73 bits per heavy atom. The van der Waals surface area contributed by atoms with Crippen LogP contribution in [0.25, 0.3) is 16.2 Å². The summed E-state index contributed by atoms with van der Waals surface area (Å²) in [4.78, 5) is 17.9. The fourth-order valence-corrected chi connectivity index (χ4v) is 3.53. The van der Waals surface area contributed by atoms with E-state index in [2.05, 4.69) is 15.6 Å². The lowest BCUT2D eigenvalue weighted by molar-refractivity contribution is 0.262. The number of carbonyl (C=O) groups is 1. The molecule has 0 saturated heterocycles. The first-order valence-corrected chi connectivity index (χ1v) is 9.28. The molecule has 2 heterocycles. The van der Waals surface area contributed by atoms with E-state index in [0.29, 0.717) is 21.4 Å². The van der Waals surface area contributed by atoms with Crippen LogP contribution < -0.4 is 10.6 Å². The van der Waals surface area contributed by atoms with Crippen LogP contribution in [0.1, 0.15) is 0 Å². The van der Waals surface area contributed by atoms with E-state index in [0.717, 1.165) is 16.2 Å². The van der Waals surface area contributed by atoms with Gasteiger partial charge in [0.05, 0.1) is 21.4 Å². The summed E-state index contributed by atoms with van der Waals surface area (Å²) in [7, 11) is 0. The molecule has 4 aromatic rings. The number of imidazole rings is 1. The van der Waals surface area contributed by atoms with Crippen LogP contribution in [0, 0.1) is 0 Å². The molecule has 8 heteroatoms. The van der Waals surface area contributed by atoms with Crippen molar-refractivity contribution in [1.29, 1.82) is 0 Å². The number of hydrogen-bond donors (Lipinski definition) is 2. The van der Waals surface area contributed by atoms with E-state index in [1.807, 2.05) is 46.4 Å². The van der Waals surface area contributed by atoms with Gasteiger partial charge in [0.15, 0.2) is 4.96 Å². The number of rotatable bonds is 3. The molecule has 5 nitrogen and oxygen atoms in total. The molecule has 0 unspecified atom stereocenters. The van der Waals surface area contributed by atoms with Crippen LogP contribution in [0.2, 0.25) is 10.0 Å². The highest BCUT2D eigenvalue weighted by atomic mass is 35.5. The van der Waals surface area contributed by atoms with Gasteiger partial charge in [-0.05, 0) is 24.3 Å². The van der Waals surface area contributed by atoms with Crippen molar-refractivity contribution >= 4 is 56.9 Å². The van der Waals surface area contributed by atoms with Crippen LogP contribution in [0.15, 0.2) is 60.2 Å². The molecule has 26 heavy (non-hydrogen) atoms. The predicted molar refractivity (Wildman–Crippen MR) is 108 cm³/mol. The van der Waals surface area contributed by atoms with Crippen molar-refractivity contribution in [3.8, 4) is 11.3 Å². The van der Waals surface area contributed by atoms with Crippen molar-refractivity contribution in [2.45, 2.75) is 0 Å². The van der Waals surface area contributed by atoms with E-state index < -0.39 is 0 Å². The van der Waals surface area contributed by atoms with Gasteiger partial charge in [-0.15, -0.1) is 11.3 Å². The number of nitrogens with zero attached hydrogens (tertiary/aromatic N) is 2. The molecule has 0 aliphatic carbocycles. The number of amides is 2. The minimum atomic E-state index is -0.378. The first kappa shape index (κ1) is 16.9. The van der Waals surface area contributed by atoms with Crippen molar-refractivity contribution < 1.29 is 4.79 Å². The topological polar surface area (TPSA) is 58.4 Å². The summed E-state index contributed by atoms with van der Waals surface area (Å²) in [6.07, 6.45) is 3.88. The van der Waals surface area contributed by atoms with Crippen LogP contribution in [0.4, 0.5) is 16.2 Å². The summed E-state index contributed by atoms with van der Waals surface area (Å²) < 4.78 is 1.95. The van der Waals surface area contributed by atoms with Crippen molar-refractivity contribution in [2.75, 3.05) is 10.6 Å². The molecule has 0 atom stereocenters. The Kier molecular flexibility index (Phi) is 4.55. The summed E-state index contributed by atoms with van der Waals surface area (Å²) in [6.45, 7) is 0. The second-order valence-corrected chi connectivity index (χ2v) is 7.16. The Bertz CT molecular complexity index is 1080. The zero-order chi connectivity index (χ0) is 18.1. The third kappa shape index (κ3) is 3.39. The smallest absolute Gasteiger partial charge is 0.308 e. The number of nitrogens with one attached hydrogen (secondary N) is 2. The average Bonchev–Trinajstić information content (AvgIpc) is 3.20. The van der Waals surface area contributed by atoms with E-state index in [-0.39, 0.29) is 6.03 Å². The highest BCUT2D eigenvalue weighted by molar-refractivity contribution is 7.15. The van der Waals surface area contributed by atoms with E-state index in [1.54, 1.807) is 29.5 Å². The summed E-state index contributed by atoms with van der Waals surface area (Å²) in [6, 6.07) is 12.0. The quantitative estimate of drug-likeness (QED) is 0.440. The molecule has 0 spiro atoms. The Morgan fingerprint density at radius 2 is 1.92 bits per heavy atom. The average molecular weight is 403 g/mol. The number of hydrogen-bond acceptors (Lipinski definition) is 3. The van der Waals surface area contributed by atoms with Gasteiger partial charge in [0.2, 0.25) is 0 Å². The van der Waals surface area contributed by atoms with Crippen molar-refractivity contribution in [3.63, 3.8) is 0 Å². The molecular formula is C18H12Cl2N4OS. The summed E-state index contributed by atoms with van der Waals surface area (Å²) >= 11 is 13.4. The van der Waals surface area contributed by atoms with E-state index in [1.165, 1.54) is 0 Å². The predicted octanol–water partition coefficient (Wildman–Crippen LogP) is 6.01. The van der Waals surface area contributed by atoms with E-state index >= 15 is 0 Å². The van der Waals surface area contributed by atoms with Gasteiger partial charge in [-0.1, -0.05) is 41.4 Å². The largest absolute Gasteiger partial charge is 0.323 e. The van der Waals surface area contributed by atoms with Gasteiger partial charge in [-0.3, -0.25) is 4.40 Å². The molecule has 0 radical (unpaired) electrons. The molecule has 2 N–H and O–H groups in total. The number of benzene rings is 2. The molecule has 130 valence electrons. The summed E-state index contributed by atoms with van der Waals surface area (Å²) in [5.74, 6) is 0. The molecule has 2 aromatic carbocycles. The number of fused-ring (bicyclic) bond motifs is 1. The summed E-state index contributed by atoms with van der Waals surface area (Å²) in [5, 5.41) is 8.38. The number of anilines is 2. The number of carbonyl (C=O) groups excluding carboxylic acids is 1. The fourth-order valence-electron chi connectivity index (χ4n) is 2.53. The molecule has 4 rings (SSSR count). The van der Waals surface area contributed by atoms with E-state index in [9.17, 15) is 4.79 Å². The number of thiazole rings is 1. The Morgan fingerprint density at radius 1 is 1.08 bits per heavy atom. The molecule has 0 aliphatic rings. The Hall–Kier alpha value is -2.54. The first-order valence-electron chi connectivity index (χ1n) is 7.65. The zero-order valence-corrected chi connectivity index (χ0v) is 15.6. The maximum Gasteiger partial charge on any atom is 0.323 e. The van der Waals surface area contributed by atoms with Crippen molar-refractivity contribution in [3.05, 3.63) is 70.3 Å². The maximum atomic E-state index is 12.4. The lowest BCUT2D eigenvalue weighted by Crippen LogP contribution is -2.19. The number of halogens is 2. The second kappa shape index (κ2) is 6.99. The van der Waals surface area contributed by atoms with Gasteiger partial charge in [-0.25, -0.2) is 9.78 Å². The highest BCUT2D eigenvalue weighted by Gasteiger charge is 2.12. The van der Waals surface area contributed by atoms with Crippen LogP contribution in [-0.4, -0.2) is 15.4 Å². The third-order valence-electron chi connectivity index (χ3n) is 3.72. The minimum Gasteiger partial charge on any atom is -0.308 e. The standard InChI is InChI=1S/C18H12Cl2N4OS/c19-13-6-5-11(9-14(13)20)21-17(25)22-15-4-2-1-3-12(15)16-10-24-7-8-26-18(24)23-16/h1-10H,(H2,21,22,25). The molecule has 2 aromatic heterocycles. The molecule has 0 bridgehead atoms.